The molecule has 0 aromatic rings. The van der Waals surface area contributed by atoms with Gasteiger partial charge in [-0.15, -0.1) is 0 Å². The molecule has 0 N–H and O–H groups in total. The van der Waals surface area contributed by atoms with E-state index in [4.69, 9.17) is 4.74 Å². The molecular formula is C13H28O. The molecule has 0 fully saturated rings. The van der Waals surface area contributed by atoms with E-state index in [-0.39, 0.29) is 5.60 Å². The largest absolute Gasteiger partial charge is 0.372 e. The van der Waals surface area contributed by atoms with E-state index in [0.29, 0.717) is 12.0 Å². The summed E-state index contributed by atoms with van der Waals surface area (Å²) in [4.78, 5) is 0. The average molecular weight is 200 g/mol. The lowest BCUT2D eigenvalue weighted by Crippen LogP contribution is -2.30. The standard InChI is InChI=1S/C13H28O/c1-7-8-9-10-12(11(2)3)14-13(4,5)6/h11-12H,7-10H2,1-6H3. The van der Waals surface area contributed by atoms with Gasteiger partial charge in [0.05, 0.1) is 11.7 Å². The Morgan fingerprint density at radius 2 is 1.64 bits per heavy atom. The van der Waals surface area contributed by atoms with E-state index < -0.39 is 0 Å². The van der Waals surface area contributed by atoms with Gasteiger partial charge in [0.15, 0.2) is 0 Å². The number of unbranched alkanes of at least 4 members (excludes halogenated alkanes) is 2. The van der Waals surface area contributed by atoms with Gasteiger partial charge in [-0.25, -0.2) is 0 Å². The van der Waals surface area contributed by atoms with E-state index in [9.17, 15) is 0 Å². The normalized spacial score (nSPS) is 14.8. The van der Waals surface area contributed by atoms with Gasteiger partial charge >= 0.3 is 0 Å². The molecule has 0 bridgehead atoms. The molecule has 1 unspecified atom stereocenters. The third-order valence-corrected chi connectivity index (χ3v) is 2.34. The van der Waals surface area contributed by atoms with Gasteiger partial charge in [0, 0.05) is 0 Å². The molecular weight excluding hydrogens is 172 g/mol. The first-order valence-corrected chi connectivity index (χ1v) is 6.04. The molecule has 0 radical (unpaired) electrons. The summed E-state index contributed by atoms with van der Waals surface area (Å²) in [6, 6.07) is 0. The van der Waals surface area contributed by atoms with E-state index in [1.165, 1.54) is 25.7 Å². The Morgan fingerprint density at radius 3 is 2.00 bits per heavy atom. The highest BCUT2D eigenvalue weighted by molar-refractivity contribution is 4.69. The molecule has 0 aliphatic carbocycles. The second kappa shape index (κ2) is 6.44. The Labute approximate surface area is 90.2 Å². The van der Waals surface area contributed by atoms with E-state index in [1.54, 1.807) is 0 Å². The van der Waals surface area contributed by atoms with Crippen LogP contribution in [0.1, 0.15) is 67.2 Å². The molecule has 0 aliphatic heterocycles. The van der Waals surface area contributed by atoms with Gasteiger partial charge in [-0.3, -0.25) is 0 Å². The average Bonchev–Trinajstić information content (AvgIpc) is 2.00. The number of ether oxygens (including phenoxy) is 1. The quantitative estimate of drug-likeness (QED) is 0.577. The first-order valence-electron chi connectivity index (χ1n) is 6.04. The summed E-state index contributed by atoms with van der Waals surface area (Å²) in [5.74, 6) is 0.631. The zero-order valence-electron chi connectivity index (χ0n) is 10.9. The molecule has 0 saturated carbocycles. The summed E-state index contributed by atoms with van der Waals surface area (Å²) < 4.78 is 6.05. The van der Waals surface area contributed by atoms with Crippen LogP contribution in [-0.2, 0) is 4.74 Å². The van der Waals surface area contributed by atoms with Crippen molar-refractivity contribution in [1.29, 1.82) is 0 Å². The second-order valence-corrected chi connectivity index (χ2v) is 5.51. The monoisotopic (exact) mass is 200 g/mol. The first-order chi connectivity index (χ1) is 6.37. The molecule has 86 valence electrons. The Hall–Kier alpha value is -0.0400. The topological polar surface area (TPSA) is 9.23 Å². The molecule has 0 aromatic carbocycles. The lowest BCUT2D eigenvalue weighted by Gasteiger charge is -2.30. The Bertz CT molecular complexity index is 133. The van der Waals surface area contributed by atoms with Crippen LogP contribution in [0.25, 0.3) is 0 Å². The van der Waals surface area contributed by atoms with Crippen molar-refractivity contribution in [3.8, 4) is 0 Å². The fourth-order valence-electron chi connectivity index (χ4n) is 1.58. The summed E-state index contributed by atoms with van der Waals surface area (Å²) in [5, 5.41) is 0. The fraction of sp³-hybridized carbons (Fsp3) is 1.00. The van der Waals surface area contributed by atoms with Crippen LogP contribution in [0.3, 0.4) is 0 Å². The summed E-state index contributed by atoms with van der Waals surface area (Å²) in [7, 11) is 0. The van der Waals surface area contributed by atoms with Crippen molar-refractivity contribution in [2.45, 2.75) is 78.9 Å². The molecule has 0 rings (SSSR count). The maximum atomic E-state index is 6.05. The van der Waals surface area contributed by atoms with Gasteiger partial charge < -0.3 is 4.74 Å². The molecule has 0 saturated heterocycles. The summed E-state index contributed by atoms with van der Waals surface area (Å²) in [6.45, 7) is 13.2. The maximum absolute atomic E-state index is 6.05. The fourth-order valence-corrected chi connectivity index (χ4v) is 1.58. The Kier molecular flexibility index (Phi) is 6.43. The van der Waals surface area contributed by atoms with Crippen LogP contribution < -0.4 is 0 Å². The molecule has 1 atom stereocenters. The number of hydrogen-bond acceptors (Lipinski definition) is 1. The third kappa shape index (κ3) is 7.37. The first kappa shape index (κ1) is 14.0. The lowest BCUT2D eigenvalue weighted by atomic mass is 9.99. The molecule has 0 spiro atoms. The second-order valence-electron chi connectivity index (χ2n) is 5.51. The van der Waals surface area contributed by atoms with Crippen molar-refractivity contribution in [2.75, 3.05) is 0 Å². The van der Waals surface area contributed by atoms with Crippen LogP contribution in [0.15, 0.2) is 0 Å². The highest BCUT2D eigenvalue weighted by Gasteiger charge is 2.20. The van der Waals surface area contributed by atoms with Crippen LogP contribution in [-0.4, -0.2) is 11.7 Å². The van der Waals surface area contributed by atoms with Gasteiger partial charge in [0.1, 0.15) is 0 Å². The van der Waals surface area contributed by atoms with E-state index in [0.717, 1.165) is 0 Å². The van der Waals surface area contributed by atoms with Gasteiger partial charge in [0.25, 0.3) is 0 Å². The Balaban J connectivity index is 3.91. The minimum absolute atomic E-state index is 0.00114. The molecule has 1 nitrogen and oxygen atoms in total. The van der Waals surface area contributed by atoms with E-state index in [1.807, 2.05) is 0 Å². The Morgan fingerprint density at radius 1 is 1.07 bits per heavy atom. The molecule has 0 aromatic heterocycles. The van der Waals surface area contributed by atoms with Crippen molar-refractivity contribution >= 4 is 0 Å². The van der Waals surface area contributed by atoms with Crippen molar-refractivity contribution in [1.82, 2.24) is 0 Å². The number of hydrogen-bond donors (Lipinski definition) is 0. The van der Waals surface area contributed by atoms with Crippen LogP contribution in [0.4, 0.5) is 0 Å². The van der Waals surface area contributed by atoms with Gasteiger partial charge in [-0.05, 0) is 33.1 Å². The van der Waals surface area contributed by atoms with Gasteiger partial charge in [-0.2, -0.15) is 0 Å². The summed E-state index contributed by atoms with van der Waals surface area (Å²) >= 11 is 0. The molecule has 1 heteroatoms. The summed E-state index contributed by atoms with van der Waals surface area (Å²) in [6.07, 6.45) is 5.57. The molecule has 0 aliphatic rings. The van der Waals surface area contributed by atoms with Gasteiger partial charge in [-0.1, -0.05) is 40.0 Å². The number of rotatable bonds is 6. The predicted octanol–water partition coefficient (Wildman–Crippen LogP) is 4.41. The SMILES string of the molecule is CCCCCC(OC(C)(C)C)C(C)C. The highest BCUT2D eigenvalue weighted by Crippen LogP contribution is 2.21. The van der Waals surface area contributed by atoms with Crippen LogP contribution in [0, 0.1) is 5.92 Å². The molecule has 0 amide bonds. The molecule has 14 heavy (non-hydrogen) atoms. The van der Waals surface area contributed by atoms with Crippen LogP contribution in [0.5, 0.6) is 0 Å². The molecule has 0 heterocycles. The van der Waals surface area contributed by atoms with Gasteiger partial charge in [0.2, 0.25) is 0 Å². The zero-order valence-corrected chi connectivity index (χ0v) is 10.9. The van der Waals surface area contributed by atoms with Crippen LogP contribution >= 0.6 is 0 Å². The maximum Gasteiger partial charge on any atom is 0.0605 e. The van der Waals surface area contributed by atoms with Crippen molar-refractivity contribution < 1.29 is 4.74 Å². The predicted molar refractivity (Wildman–Crippen MR) is 63.6 cm³/mol. The minimum atomic E-state index is 0.00114. The minimum Gasteiger partial charge on any atom is -0.372 e. The van der Waals surface area contributed by atoms with Crippen molar-refractivity contribution in [3.05, 3.63) is 0 Å². The zero-order chi connectivity index (χ0) is 11.2. The van der Waals surface area contributed by atoms with E-state index in [2.05, 4.69) is 41.5 Å². The van der Waals surface area contributed by atoms with E-state index >= 15 is 0 Å². The smallest absolute Gasteiger partial charge is 0.0605 e. The highest BCUT2D eigenvalue weighted by atomic mass is 16.5. The van der Waals surface area contributed by atoms with Crippen molar-refractivity contribution in [2.24, 2.45) is 5.92 Å². The van der Waals surface area contributed by atoms with Crippen LogP contribution in [0.2, 0.25) is 0 Å². The summed E-state index contributed by atoms with van der Waals surface area (Å²) in [5.41, 5.74) is 0.00114. The lowest BCUT2D eigenvalue weighted by molar-refractivity contribution is -0.0830. The van der Waals surface area contributed by atoms with Crippen molar-refractivity contribution in [3.63, 3.8) is 0 Å². The third-order valence-electron chi connectivity index (χ3n) is 2.34.